The molecule has 0 unspecified atom stereocenters. The Balaban J connectivity index is 1.53. The molecular formula is C29H29N5OS. The Morgan fingerprint density at radius 3 is 2.42 bits per heavy atom. The lowest BCUT2D eigenvalue weighted by Crippen LogP contribution is -2.37. The van der Waals surface area contributed by atoms with E-state index >= 15 is 0 Å². The third-order valence-corrected chi connectivity index (χ3v) is 7.00. The second-order valence-corrected chi connectivity index (χ2v) is 9.55. The third kappa shape index (κ3) is 4.62. The van der Waals surface area contributed by atoms with Crippen LogP contribution in [0.25, 0.3) is 5.69 Å². The number of anilines is 1. The lowest BCUT2D eigenvalue weighted by atomic mass is 9.96. The van der Waals surface area contributed by atoms with Gasteiger partial charge in [0.05, 0.1) is 17.8 Å². The maximum atomic E-state index is 13.1. The van der Waals surface area contributed by atoms with Crippen molar-refractivity contribution in [3.63, 3.8) is 0 Å². The van der Waals surface area contributed by atoms with Crippen LogP contribution in [0.1, 0.15) is 40.3 Å². The van der Waals surface area contributed by atoms with Gasteiger partial charge in [-0.25, -0.2) is 0 Å². The predicted octanol–water partition coefficient (Wildman–Crippen LogP) is 5.41. The first-order valence-corrected chi connectivity index (χ1v) is 12.4. The zero-order valence-electron chi connectivity index (χ0n) is 20.6. The quantitative estimate of drug-likeness (QED) is 0.350. The van der Waals surface area contributed by atoms with Crippen LogP contribution in [-0.4, -0.2) is 32.0 Å². The molecule has 3 heterocycles. The summed E-state index contributed by atoms with van der Waals surface area (Å²) in [6.07, 6.45) is 1.79. The number of aromatic nitrogens is 2. The second kappa shape index (κ2) is 9.95. The molecule has 7 heteroatoms. The van der Waals surface area contributed by atoms with E-state index in [0.717, 1.165) is 34.0 Å². The minimum Gasteiger partial charge on any atom is -0.352 e. The molecule has 0 spiro atoms. The van der Waals surface area contributed by atoms with Crippen molar-refractivity contribution in [2.45, 2.75) is 32.9 Å². The Morgan fingerprint density at radius 1 is 1.00 bits per heavy atom. The molecule has 0 bridgehead atoms. The van der Waals surface area contributed by atoms with Crippen molar-refractivity contribution in [2.75, 3.05) is 11.9 Å². The topological polar surface area (TPSA) is 62.2 Å². The van der Waals surface area contributed by atoms with E-state index in [1.54, 1.807) is 6.20 Å². The van der Waals surface area contributed by atoms with Crippen molar-refractivity contribution in [1.82, 2.24) is 19.8 Å². The monoisotopic (exact) mass is 495 g/mol. The highest BCUT2D eigenvalue weighted by molar-refractivity contribution is 7.80. The summed E-state index contributed by atoms with van der Waals surface area (Å²) in [6.45, 7) is 6.45. The van der Waals surface area contributed by atoms with E-state index in [2.05, 4.69) is 71.3 Å². The van der Waals surface area contributed by atoms with E-state index in [9.17, 15) is 4.79 Å². The Hall–Kier alpha value is -3.97. The zero-order valence-corrected chi connectivity index (χ0v) is 21.4. The van der Waals surface area contributed by atoms with Crippen LogP contribution >= 0.6 is 12.2 Å². The van der Waals surface area contributed by atoms with Gasteiger partial charge in [0.15, 0.2) is 5.11 Å². The number of carbonyl (C=O) groups excluding carboxylic acids is 1. The molecule has 2 aromatic carbocycles. The number of nitrogens with zero attached hydrogens (tertiary/aromatic N) is 3. The summed E-state index contributed by atoms with van der Waals surface area (Å²) < 4.78 is 2.26. The molecule has 5 rings (SSSR count). The van der Waals surface area contributed by atoms with Gasteiger partial charge in [-0.2, -0.15) is 0 Å². The van der Waals surface area contributed by atoms with Crippen LogP contribution in [0.4, 0.5) is 5.69 Å². The van der Waals surface area contributed by atoms with Gasteiger partial charge in [0, 0.05) is 29.0 Å². The molecule has 2 atom stereocenters. The SMILES string of the molecule is Cc1ccc(-n2c(C)cc([C@@H]3[C@H](c4ccccn4)NC(=S)N3CC(=O)Nc3ccccc3)c2C)cc1. The van der Waals surface area contributed by atoms with Crippen LogP contribution in [0.15, 0.2) is 85.1 Å². The number of carbonyl (C=O) groups is 1. The Kier molecular flexibility index (Phi) is 6.57. The normalized spacial score (nSPS) is 17.2. The molecule has 1 fully saturated rings. The number of pyridine rings is 1. The van der Waals surface area contributed by atoms with E-state index in [0.29, 0.717) is 5.11 Å². The van der Waals surface area contributed by atoms with E-state index in [-0.39, 0.29) is 24.5 Å². The van der Waals surface area contributed by atoms with Crippen LogP contribution in [0.5, 0.6) is 0 Å². The van der Waals surface area contributed by atoms with Crippen LogP contribution in [0, 0.1) is 20.8 Å². The number of rotatable bonds is 6. The van der Waals surface area contributed by atoms with Gasteiger partial charge in [0.25, 0.3) is 0 Å². The van der Waals surface area contributed by atoms with E-state index < -0.39 is 0 Å². The Morgan fingerprint density at radius 2 is 1.72 bits per heavy atom. The number of nitrogens with one attached hydrogen (secondary N) is 2. The summed E-state index contributed by atoms with van der Waals surface area (Å²) in [4.78, 5) is 19.7. The first kappa shape index (κ1) is 23.8. The maximum Gasteiger partial charge on any atom is 0.244 e. The summed E-state index contributed by atoms with van der Waals surface area (Å²) in [7, 11) is 0. The largest absolute Gasteiger partial charge is 0.352 e. The average Bonchev–Trinajstić information content (AvgIpc) is 3.35. The van der Waals surface area contributed by atoms with Gasteiger partial charge < -0.3 is 20.1 Å². The number of para-hydroxylation sites is 1. The minimum atomic E-state index is -0.195. The van der Waals surface area contributed by atoms with E-state index in [1.165, 1.54) is 5.56 Å². The smallest absolute Gasteiger partial charge is 0.244 e. The number of hydrogen-bond acceptors (Lipinski definition) is 3. The van der Waals surface area contributed by atoms with Gasteiger partial charge in [-0.3, -0.25) is 9.78 Å². The molecule has 0 aliphatic carbocycles. The highest BCUT2D eigenvalue weighted by Gasteiger charge is 2.42. The van der Waals surface area contributed by atoms with Crippen LogP contribution < -0.4 is 10.6 Å². The highest BCUT2D eigenvalue weighted by atomic mass is 32.1. The first-order valence-electron chi connectivity index (χ1n) is 12.0. The molecule has 1 aliphatic rings. The lowest BCUT2D eigenvalue weighted by molar-refractivity contribution is -0.116. The molecule has 1 saturated heterocycles. The summed E-state index contributed by atoms with van der Waals surface area (Å²) in [5.41, 5.74) is 7.33. The van der Waals surface area contributed by atoms with Crippen molar-refractivity contribution >= 4 is 28.9 Å². The van der Waals surface area contributed by atoms with Gasteiger partial charge in [-0.05, 0) is 81.0 Å². The number of thiocarbonyl (C=S) groups is 1. The molecule has 2 aromatic heterocycles. The molecule has 1 aliphatic heterocycles. The van der Waals surface area contributed by atoms with Crippen LogP contribution in [0.3, 0.4) is 0 Å². The van der Waals surface area contributed by atoms with Gasteiger partial charge in [0.2, 0.25) is 5.91 Å². The molecule has 0 saturated carbocycles. The number of benzene rings is 2. The van der Waals surface area contributed by atoms with Crippen molar-refractivity contribution in [3.05, 3.63) is 113 Å². The zero-order chi connectivity index (χ0) is 25.2. The Bertz CT molecular complexity index is 1380. The van der Waals surface area contributed by atoms with Crippen molar-refractivity contribution < 1.29 is 4.79 Å². The first-order chi connectivity index (χ1) is 17.4. The van der Waals surface area contributed by atoms with Crippen molar-refractivity contribution in [3.8, 4) is 5.69 Å². The van der Waals surface area contributed by atoms with E-state index in [1.807, 2.05) is 53.4 Å². The van der Waals surface area contributed by atoms with Gasteiger partial charge in [-0.15, -0.1) is 0 Å². The molecule has 0 radical (unpaired) electrons. The van der Waals surface area contributed by atoms with Gasteiger partial charge in [0.1, 0.15) is 6.54 Å². The minimum absolute atomic E-state index is 0.121. The highest BCUT2D eigenvalue weighted by Crippen LogP contribution is 2.41. The van der Waals surface area contributed by atoms with Crippen molar-refractivity contribution in [2.24, 2.45) is 0 Å². The van der Waals surface area contributed by atoms with E-state index in [4.69, 9.17) is 12.2 Å². The van der Waals surface area contributed by atoms with Gasteiger partial charge >= 0.3 is 0 Å². The standard InChI is InChI=1S/C29H29N5OS/c1-19-12-14-23(15-13-19)34-20(2)17-24(21(34)3)28-27(25-11-7-8-16-30-25)32-29(36)33(28)18-26(35)31-22-9-5-4-6-10-22/h4-17,27-28H,18H2,1-3H3,(H,31,35)(H,32,36)/t27-,28+/m0/s1. The average molecular weight is 496 g/mol. The molecule has 4 aromatic rings. The van der Waals surface area contributed by atoms with Crippen LogP contribution in [0.2, 0.25) is 0 Å². The molecule has 36 heavy (non-hydrogen) atoms. The summed E-state index contributed by atoms with van der Waals surface area (Å²) >= 11 is 5.77. The maximum absolute atomic E-state index is 13.1. The fourth-order valence-corrected chi connectivity index (χ4v) is 5.27. The molecule has 182 valence electrons. The number of hydrogen-bond donors (Lipinski definition) is 2. The Labute approximate surface area is 217 Å². The second-order valence-electron chi connectivity index (χ2n) is 9.17. The summed E-state index contributed by atoms with van der Waals surface area (Å²) in [5, 5.41) is 6.98. The van der Waals surface area contributed by atoms with Crippen molar-refractivity contribution in [1.29, 1.82) is 0 Å². The fraction of sp³-hybridized carbons (Fsp3) is 0.207. The number of amides is 1. The fourth-order valence-electron chi connectivity index (χ4n) is 4.97. The third-order valence-electron chi connectivity index (χ3n) is 6.65. The summed E-state index contributed by atoms with van der Waals surface area (Å²) in [6, 6.07) is 25.7. The van der Waals surface area contributed by atoms with Crippen LogP contribution in [-0.2, 0) is 4.79 Å². The molecule has 2 N–H and O–H groups in total. The molecule has 6 nitrogen and oxygen atoms in total. The predicted molar refractivity (Wildman–Crippen MR) is 147 cm³/mol. The lowest BCUT2D eigenvalue weighted by Gasteiger charge is -2.27. The number of aryl methyl sites for hydroxylation is 2. The van der Waals surface area contributed by atoms with Gasteiger partial charge in [-0.1, -0.05) is 42.0 Å². The summed E-state index contributed by atoms with van der Waals surface area (Å²) in [5.74, 6) is -0.121. The molecule has 1 amide bonds. The molecular weight excluding hydrogens is 466 g/mol.